The Morgan fingerprint density at radius 3 is 2.16 bits per heavy atom. The van der Waals surface area contributed by atoms with Crippen molar-refractivity contribution in [2.24, 2.45) is 0 Å². The van der Waals surface area contributed by atoms with Crippen LogP contribution in [0.1, 0.15) is 47.8 Å². The van der Waals surface area contributed by atoms with Crippen molar-refractivity contribution in [1.82, 2.24) is 9.62 Å². The number of carboxylic acid groups (broad SMARTS) is 1. The highest BCUT2D eigenvalue weighted by Crippen LogP contribution is 2.22. The molecule has 1 heterocycles. The molecule has 1 aliphatic rings. The van der Waals surface area contributed by atoms with E-state index in [0.717, 1.165) is 5.56 Å². The van der Waals surface area contributed by atoms with Gasteiger partial charge in [0.25, 0.3) is 5.91 Å². The topological polar surface area (TPSA) is 113 Å². The molecule has 2 aromatic rings. The van der Waals surface area contributed by atoms with E-state index in [1.165, 1.54) is 28.6 Å². The van der Waals surface area contributed by atoms with Gasteiger partial charge in [-0.15, -0.1) is 0 Å². The van der Waals surface area contributed by atoms with Gasteiger partial charge in [0.2, 0.25) is 10.0 Å². The Morgan fingerprint density at radius 2 is 1.62 bits per heavy atom. The number of nitrogens with one attached hydrogen (secondary N) is 1. The van der Waals surface area contributed by atoms with E-state index in [-0.39, 0.29) is 42.2 Å². The zero-order valence-corrected chi connectivity index (χ0v) is 19.1. The Hall–Kier alpha value is -2.75. The standard InChI is InChI=1S/C23H28N2O6S/c1-15-4-6-18(7-5-15)21(12-22(26)27)24-23(28)19-8-10-20(11-9-19)32(29,30)25-13-16(2)31-17(3)14-25/h4-11,16-17,21H,12-14H2,1-3H3,(H,24,28)(H,26,27)/t16-,17+,21-/m0/s1. The maximum absolute atomic E-state index is 13.0. The molecule has 0 aliphatic carbocycles. The number of morpholine rings is 1. The number of nitrogens with zero attached hydrogens (tertiary/aromatic N) is 1. The van der Waals surface area contributed by atoms with Crippen LogP contribution in [-0.2, 0) is 19.6 Å². The van der Waals surface area contributed by atoms with Crippen LogP contribution >= 0.6 is 0 Å². The molecule has 0 radical (unpaired) electrons. The van der Waals surface area contributed by atoms with Crippen LogP contribution in [0, 0.1) is 6.92 Å². The lowest BCUT2D eigenvalue weighted by Gasteiger charge is -2.34. The van der Waals surface area contributed by atoms with Crippen molar-refractivity contribution in [3.8, 4) is 0 Å². The summed E-state index contributed by atoms with van der Waals surface area (Å²) in [4.78, 5) is 24.1. The van der Waals surface area contributed by atoms with Crippen LogP contribution in [0.4, 0.5) is 0 Å². The summed E-state index contributed by atoms with van der Waals surface area (Å²) in [6.45, 7) is 6.10. The van der Waals surface area contributed by atoms with Crippen molar-refractivity contribution in [1.29, 1.82) is 0 Å². The number of carboxylic acids is 1. The van der Waals surface area contributed by atoms with Crippen LogP contribution in [0.25, 0.3) is 0 Å². The number of hydrogen-bond acceptors (Lipinski definition) is 5. The summed E-state index contributed by atoms with van der Waals surface area (Å²) in [6, 6.07) is 12.2. The van der Waals surface area contributed by atoms with Crippen molar-refractivity contribution >= 4 is 21.9 Å². The second-order valence-corrected chi connectivity index (χ2v) is 10.1. The normalized spacial score (nSPS) is 20.5. The SMILES string of the molecule is Cc1ccc([C@H](CC(=O)O)NC(=O)c2ccc(S(=O)(=O)N3C[C@@H](C)O[C@@H](C)C3)cc2)cc1. The molecule has 0 unspecified atom stereocenters. The minimum atomic E-state index is -3.71. The van der Waals surface area contributed by atoms with E-state index in [0.29, 0.717) is 5.56 Å². The molecule has 1 fully saturated rings. The van der Waals surface area contributed by atoms with Gasteiger partial charge in [-0.1, -0.05) is 29.8 Å². The summed E-state index contributed by atoms with van der Waals surface area (Å²) >= 11 is 0. The Labute approximate surface area is 188 Å². The first kappa shape index (κ1) is 23.9. The number of hydrogen-bond donors (Lipinski definition) is 2. The lowest BCUT2D eigenvalue weighted by molar-refractivity contribution is -0.137. The molecule has 0 bridgehead atoms. The molecule has 9 heteroatoms. The van der Waals surface area contributed by atoms with Gasteiger partial charge in [0, 0.05) is 18.7 Å². The monoisotopic (exact) mass is 460 g/mol. The van der Waals surface area contributed by atoms with Gasteiger partial charge in [-0.25, -0.2) is 8.42 Å². The van der Waals surface area contributed by atoms with Gasteiger partial charge >= 0.3 is 5.97 Å². The van der Waals surface area contributed by atoms with Crippen LogP contribution in [0.15, 0.2) is 53.4 Å². The number of amides is 1. The third-order valence-corrected chi connectivity index (χ3v) is 7.15. The van der Waals surface area contributed by atoms with Crippen molar-refractivity contribution in [3.05, 3.63) is 65.2 Å². The lowest BCUT2D eigenvalue weighted by Crippen LogP contribution is -2.48. The number of aryl methyl sites for hydroxylation is 1. The molecular weight excluding hydrogens is 432 g/mol. The van der Waals surface area contributed by atoms with Crippen LogP contribution in [-0.4, -0.2) is 55.0 Å². The molecule has 1 amide bonds. The molecule has 0 spiro atoms. The number of carbonyl (C=O) groups is 2. The highest BCUT2D eigenvalue weighted by molar-refractivity contribution is 7.89. The average molecular weight is 461 g/mol. The van der Waals surface area contributed by atoms with Crippen LogP contribution < -0.4 is 5.32 Å². The van der Waals surface area contributed by atoms with Gasteiger partial charge < -0.3 is 15.2 Å². The Balaban J connectivity index is 1.76. The summed E-state index contributed by atoms with van der Waals surface area (Å²) in [5, 5.41) is 12.0. The summed E-state index contributed by atoms with van der Waals surface area (Å²) < 4.78 is 32.9. The van der Waals surface area contributed by atoms with Gasteiger partial charge in [-0.05, 0) is 50.6 Å². The molecular formula is C23H28N2O6S. The van der Waals surface area contributed by atoms with E-state index < -0.39 is 27.9 Å². The molecule has 32 heavy (non-hydrogen) atoms. The van der Waals surface area contributed by atoms with E-state index in [4.69, 9.17) is 4.74 Å². The first-order valence-electron chi connectivity index (χ1n) is 10.4. The maximum atomic E-state index is 13.0. The maximum Gasteiger partial charge on any atom is 0.305 e. The van der Waals surface area contributed by atoms with Gasteiger partial charge in [-0.3, -0.25) is 9.59 Å². The van der Waals surface area contributed by atoms with Gasteiger partial charge in [-0.2, -0.15) is 4.31 Å². The van der Waals surface area contributed by atoms with E-state index >= 15 is 0 Å². The third kappa shape index (κ3) is 5.73. The number of aliphatic carboxylic acids is 1. The van der Waals surface area contributed by atoms with E-state index in [9.17, 15) is 23.1 Å². The number of rotatable bonds is 7. The molecule has 1 saturated heterocycles. The number of sulfonamides is 1. The Bertz CT molecular complexity index is 1060. The molecule has 0 aromatic heterocycles. The first-order chi connectivity index (χ1) is 15.1. The highest BCUT2D eigenvalue weighted by atomic mass is 32.2. The predicted octanol–water partition coefficient (Wildman–Crippen LogP) is 2.74. The first-order valence-corrected chi connectivity index (χ1v) is 11.8. The van der Waals surface area contributed by atoms with E-state index in [1.807, 2.05) is 32.9 Å². The number of benzene rings is 2. The minimum absolute atomic E-state index is 0.0935. The van der Waals surface area contributed by atoms with Crippen LogP contribution in [0.3, 0.4) is 0 Å². The molecule has 2 aromatic carbocycles. The summed E-state index contributed by atoms with van der Waals surface area (Å²) in [5.41, 5.74) is 1.95. The Kier molecular flexibility index (Phi) is 7.33. The fraction of sp³-hybridized carbons (Fsp3) is 0.391. The zero-order chi connectivity index (χ0) is 23.5. The molecule has 3 rings (SSSR count). The van der Waals surface area contributed by atoms with Crippen LogP contribution in [0.2, 0.25) is 0 Å². The van der Waals surface area contributed by atoms with Crippen molar-refractivity contribution in [2.45, 2.75) is 50.3 Å². The minimum Gasteiger partial charge on any atom is -0.481 e. The largest absolute Gasteiger partial charge is 0.481 e. The molecule has 1 aliphatic heterocycles. The average Bonchev–Trinajstić information content (AvgIpc) is 2.73. The highest BCUT2D eigenvalue weighted by Gasteiger charge is 2.32. The predicted molar refractivity (Wildman–Crippen MR) is 119 cm³/mol. The molecule has 172 valence electrons. The molecule has 8 nitrogen and oxygen atoms in total. The van der Waals surface area contributed by atoms with Crippen molar-refractivity contribution in [3.63, 3.8) is 0 Å². The number of carbonyl (C=O) groups excluding carboxylic acids is 1. The summed E-state index contributed by atoms with van der Waals surface area (Å²) in [6.07, 6.45) is -0.674. The van der Waals surface area contributed by atoms with Crippen molar-refractivity contribution in [2.75, 3.05) is 13.1 Å². The lowest BCUT2D eigenvalue weighted by atomic mass is 10.0. The van der Waals surface area contributed by atoms with Gasteiger partial charge in [0.15, 0.2) is 0 Å². The fourth-order valence-electron chi connectivity index (χ4n) is 3.72. The van der Waals surface area contributed by atoms with Gasteiger partial charge in [0.05, 0.1) is 29.6 Å². The number of ether oxygens (including phenoxy) is 1. The Morgan fingerprint density at radius 1 is 1.06 bits per heavy atom. The second kappa shape index (κ2) is 9.81. The fourth-order valence-corrected chi connectivity index (χ4v) is 5.31. The molecule has 0 saturated carbocycles. The molecule has 3 atom stereocenters. The summed E-state index contributed by atoms with van der Waals surface area (Å²) in [5.74, 6) is -1.51. The quantitative estimate of drug-likeness (QED) is 0.657. The summed E-state index contributed by atoms with van der Waals surface area (Å²) in [7, 11) is -3.71. The second-order valence-electron chi connectivity index (χ2n) is 8.14. The van der Waals surface area contributed by atoms with Gasteiger partial charge in [0.1, 0.15) is 0 Å². The van der Waals surface area contributed by atoms with Crippen molar-refractivity contribution < 1.29 is 27.9 Å². The zero-order valence-electron chi connectivity index (χ0n) is 18.3. The smallest absolute Gasteiger partial charge is 0.305 e. The third-order valence-electron chi connectivity index (χ3n) is 5.30. The van der Waals surface area contributed by atoms with Crippen LogP contribution in [0.5, 0.6) is 0 Å². The molecule has 2 N–H and O–H groups in total. The van der Waals surface area contributed by atoms with E-state index in [1.54, 1.807) is 12.1 Å². The van der Waals surface area contributed by atoms with E-state index in [2.05, 4.69) is 5.32 Å².